The third-order valence-electron chi connectivity index (χ3n) is 6.03. The molecule has 1 atom stereocenters. The number of halogens is 3. The van der Waals surface area contributed by atoms with Gasteiger partial charge in [-0.3, -0.25) is 0 Å². The molecule has 2 N–H and O–H groups in total. The third kappa shape index (κ3) is 4.61. The molecule has 11 heteroatoms. The maximum atomic E-state index is 16.0. The lowest BCUT2D eigenvalue weighted by molar-refractivity contribution is 0.294. The summed E-state index contributed by atoms with van der Waals surface area (Å²) in [4.78, 5) is 19.3. The second-order valence-corrected chi connectivity index (χ2v) is 8.82. The van der Waals surface area contributed by atoms with Gasteiger partial charge in [-0.1, -0.05) is 17.7 Å². The van der Waals surface area contributed by atoms with Crippen LogP contribution < -0.4 is 15.0 Å². The summed E-state index contributed by atoms with van der Waals surface area (Å²) >= 11 is 6.48. The average molecular weight is 513 g/mol. The van der Waals surface area contributed by atoms with Crippen molar-refractivity contribution in [2.24, 2.45) is 0 Å². The second kappa shape index (κ2) is 10.2. The van der Waals surface area contributed by atoms with Crippen molar-refractivity contribution in [1.82, 2.24) is 25.3 Å². The zero-order valence-electron chi connectivity index (χ0n) is 19.4. The van der Waals surface area contributed by atoms with Crippen LogP contribution in [0.25, 0.3) is 22.0 Å². The van der Waals surface area contributed by atoms with E-state index in [0.29, 0.717) is 36.5 Å². The highest BCUT2D eigenvalue weighted by Gasteiger charge is 2.27. The van der Waals surface area contributed by atoms with Crippen molar-refractivity contribution in [2.75, 3.05) is 31.1 Å². The fourth-order valence-corrected chi connectivity index (χ4v) is 4.57. The van der Waals surface area contributed by atoms with Gasteiger partial charge in [0.25, 0.3) is 0 Å². The number of ether oxygens (including phenoxy) is 1. The van der Waals surface area contributed by atoms with Gasteiger partial charge >= 0.3 is 6.01 Å². The van der Waals surface area contributed by atoms with Gasteiger partial charge in [0.1, 0.15) is 28.7 Å². The molecular weight excluding hydrogens is 490 g/mol. The highest BCUT2D eigenvalue weighted by Crippen LogP contribution is 2.42. The van der Waals surface area contributed by atoms with E-state index >= 15 is 4.39 Å². The van der Waals surface area contributed by atoms with Gasteiger partial charge in [-0.05, 0) is 31.2 Å². The van der Waals surface area contributed by atoms with Crippen molar-refractivity contribution in [2.45, 2.75) is 19.4 Å². The van der Waals surface area contributed by atoms with Crippen LogP contribution in [-0.4, -0.2) is 57.3 Å². The van der Waals surface area contributed by atoms with E-state index < -0.39 is 17.4 Å². The Balaban J connectivity index is 1.63. The second-order valence-electron chi connectivity index (χ2n) is 8.42. The van der Waals surface area contributed by atoms with Gasteiger partial charge in [-0.25, -0.2) is 18.7 Å². The van der Waals surface area contributed by atoms with E-state index in [1.54, 1.807) is 18.5 Å². The number of hydrogen-bond donors (Lipinski definition) is 2. The van der Waals surface area contributed by atoms with E-state index in [-0.39, 0.29) is 40.3 Å². The normalized spacial score (nSPS) is 15.9. The van der Waals surface area contributed by atoms with E-state index in [2.05, 4.69) is 25.3 Å². The standard InChI is InChI=1S/C25H23ClF2N6O2/c1-14-13-29-9-10-34(14)24-15-12-16(26)20(21-17(27)4-2-5-18(21)35)22(28)23(15)32-25(33-24)36-11-6-19-30-7-3-8-31-19/h2-5,7-8,12,14,29,35H,6,9-11,13H2,1H3/t14-/m1/s1. The minimum Gasteiger partial charge on any atom is -0.507 e. The van der Waals surface area contributed by atoms with Crippen LogP contribution in [0.2, 0.25) is 5.02 Å². The number of aromatic nitrogens is 4. The van der Waals surface area contributed by atoms with Gasteiger partial charge in [0.05, 0.1) is 17.2 Å². The molecule has 1 fully saturated rings. The van der Waals surface area contributed by atoms with Crippen molar-refractivity contribution in [3.63, 3.8) is 0 Å². The number of aromatic hydroxyl groups is 1. The van der Waals surface area contributed by atoms with Crippen LogP contribution in [0, 0.1) is 11.6 Å². The number of anilines is 1. The summed E-state index contributed by atoms with van der Waals surface area (Å²) in [5, 5.41) is 13.9. The van der Waals surface area contributed by atoms with Gasteiger partial charge < -0.3 is 20.1 Å². The van der Waals surface area contributed by atoms with Crippen molar-refractivity contribution in [3.05, 3.63) is 65.2 Å². The van der Waals surface area contributed by atoms with Gasteiger partial charge in [-0.2, -0.15) is 9.97 Å². The molecule has 1 aliphatic rings. The van der Waals surface area contributed by atoms with Crippen molar-refractivity contribution in [3.8, 4) is 22.9 Å². The first kappa shape index (κ1) is 24.1. The highest BCUT2D eigenvalue weighted by molar-refractivity contribution is 6.34. The van der Waals surface area contributed by atoms with Crippen LogP contribution in [0.3, 0.4) is 0 Å². The molecule has 0 amide bonds. The number of piperazine rings is 1. The molecule has 0 saturated carbocycles. The van der Waals surface area contributed by atoms with Crippen LogP contribution in [-0.2, 0) is 6.42 Å². The van der Waals surface area contributed by atoms with Crippen molar-refractivity contribution >= 4 is 28.3 Å². The molecule has 1 saturated heterocycles. The summed E-state index contributed by atoms with van der Waals surface area (Å²) in [6.45, 7) is 4.25. The molecule has 4 aromatic rings. The monoisotopic (exact) mass is 512 g/mol. The summed E-state index contributed by atoms with van der Waals surface area (Å²) in [5.41, 5.74) is -0.693. The smallest absolute Gasteiger partial charge is 0.319 e. The number of benzene rings is 2. The Morgan fingerprint density at radius 3 is 2.72 bits per heavy atom. The largest absolute Gasteiger partial charge is 0.507 e. The summed E-state index contributed by atoms with van der Waals surface area (Å²) < 4.78 is 36.5. The molecular formula is C25H23ClF2N6O2. The molecule has 0 radical (unpaired) electrons. The predicted octanol–water partition coefficient (Wildman–Crippen LogP) is 4.14. The maximum Gasteiger partial charge on any atom is 0.319 e. The van der Waals surface area contributed by atoms with Crippen molar-refractivity contribution < 1.29 is 18.6 Å². The Kier molecular flexibility index (Phi) is 6.80. The van der Waals surface area contributed by atoms with Crippen LogP contribution in [0.1, 0.15) is 12.7 Å². The molecule has 0 aliphatic carbocycles. The molecule has 186 valence electrons. The molecule has 8 nitrogen and oxygen atoms in total. The third-order valence-corrected chi connectivity index (χ3v) is 6.33. The molecule has 3 heterocycles. The number of rotatable bonds is 6. The molecule has 36 heavy (non-hydrogen) atoms. The highest BCUT2D eigenvalue weighted by atomic mass is 35.5. The minimum absolute atomic E-state index is 0.0379. The first-order valence-electron chi connectivity index (χ1n) is 11.5. The SMILES string of the molecule is C[C@@H]1CNCCN1c1nc(OCCc2ncccn2)nc2c(F)c(-c3c(O)cccc3F)c(Cl)cc12. The average Bonchev–Trinajstić information content (AvgIpc) is 2.87. The van der Waals surface area contributed by atoms with Gasteiger partial charge in [0.15, 0.2) is 5.82 Å². The zero-order chi connectivity index (χ0) is 25.2. The molecule has 0 bridgehead atoms. The molecule has 0 unspecified atom stereocenters. The fourth-order valence-electron chi connectivity index (χ4n) is 4.28. The number of hydrogen-bond acceptors (Lipinski definition) is 8. The quantitative estimate of drug-likeness (QED) is 0.398. The summed E-state index contributed by atoms with van der Waals surface area (Å²) in [5.74, 6) is -1.06. The van der Waals surface area contributed by atoms with Gasteiger partial charge in [0, 0.05) is 55.4 Å². The minimum atomic E-state index is -0.874. The van der Waals surface area contributed by atoms with Crippen LogP contribution in [0.15, 0.2) is 42.7 Å². The fraction of sp³-hybridized carbons (Fsp3) is 0.280. The van der Waals surface area contributed by atoms with E-state index in [0.717, 1.165) is 12.6 Å². The molecule has 2 aromatic heterocycles. The predicted molar refractivity (Wildman–Crippen MR) is 132 cm³/mol. The summed E-state index contributed by atoms with van der Waals surface area (Å²) in [6.07, 6.45) is 3.67. The van der Waals surface area contributed by atoms with Crippen molar-refractivity contribution in [1.29, 1.82) is 0 Å². The van der Waals surface area contributed by atoms with Crippen LogP contribution in [0.4, 0.5) is 14.6 Å². The number of phenolic OH excluding ortho intramolecular Hbond substituents is 1. The van der Waals surface area contributed by atoms with E-state index in [4.69, 9.17) is 16.3 Å². The molecule has 1 aliphatic heterocycles. The summed E-state index contributed by atoms with van der Waals surface area (Å²) in [6, 6.07) is 6.97. The van der Waals surface area contributed by atoms with Gasteiger partial charge in [0.2, 0.25) is 0 Å². The Bertz CT molecular complexity index is 1390. The lowest BCUT2D eigenvalue weighted by Crippen LogP contribution is -2.50. The first-order valence-corrected chi connectivity index (χ1v) is 11.9. The number of nitrogens with one attached hydrogen (secondary N) is 1. The lowest BCUT2D eigenvalue weighted by atomic mass is 10.0. The van der Waals surface area contributed by atoms with E-state index in [1.165, 1.54) is 18.2 Å². The summed E-state index contributed by atoms with van der Waals surface area (Å²) in [7, 11) is 0. The zero-order valence-corrected chi connectivity index (χ0v) is 20.1. The Labute approximate surface area is 211 Å². The topological polar surface area (TPSA) is 96.3 Å². The maximum absolute atomic E-state index is 16.0. The number of phenols is 1. The Morgan fingerprint density at radius 2 is 1.97 bits per heavy atom. The van der Waals surface area contributed by atoms with Gasteiger partial charge in [-0.15, -0.1) is 0 Å². The van der Waals surface area contributed by atoms with E-state index in [9.17, 15) is 9.50 Å². The van der Waals surface area contributed by atoms with Crippen LogP contribution >= 0.6 is 11.6 Å². The number of fused-ring (bicyclic) bond motifs is 1. The molecule has 0 spiro atoms. The first-order chi connectivity index (χ1) is 17.4. The Hall–Kier alpha value is -3.63. The lowest BCUT2D eigenvalue weighted by Gasteiger charge is -2.35. The molecule has 2 aromatic carbocycles. The molecule has 5 rings (SSSR count). The van der Waals surface area contributed by atoms with Crippen LogP contribution in [0.5, 0.6) is 11.8 Å². The number of nitrogens with zero attached hydrogens (tertiary/aromatic N) is 5. The van der Waals surface area contributed by atoms with E-state index in [1.807, 2.05) is 11.8 Å². The Morgan fingerprint density at radius 1 is 1.17 bits per heavy atom.